The third kappa shape index (κ3) is 2.42. The Kier molecular flexibility index (Phi) is 3.72. The minimum atomic E-state index is -1.42. The average molecular weight is 226 g/mol. The quantitative estimate of drug-likeness (QED) is 0.512. The van der Waals surface area contributed by atoms with Crippen LogP contribution in [0.2, 0.25) is 0 Å². The molecule has 0 spiro atoms. The van der Waals surface area contributed by atoms with E-state index in [1.807, 2.05) is 0 Å². The molecule has 0 fully saturated rings. The van der Waals surface area contributed by atoms with Gasteiger partial charge in [-0.25, -0.2) is 14.9 Å². The fourth-order valence-electron chi connectivity index (χ4n) is 1.18. The lowest BCUT2D eigenvalue weighted by atomic mass is 10.2. The zero-order valence-electron chi connectivity index (χ0n) is 8.18. The van der Waals surface area contributed by atoms with Crippen molar-refractivity contribution in [1.82, 2.24) is 4.98 Å². The first-order valence-electron chi connectivity index (χ1n) is 4.34. The summed E-state index contributed by atoms with van der Waals surface area (Å²) in [5.41, 5.74) is 5.28. The number of nitro groups is 1. The first-order chi connectivity index (χ1) is 7.57. The van der Waals surface area contributed by atoms with Gasteiger partial charge in [-0.3, -0.25) is 4.98 Å². The number of nitrogens with zero attached hydrogens (tertiary/aromatic N) is 3. The minimum absolute atomic E-state index is 0.0744. The van der Waals surface area contributed by atoms with Crippen molar-refractivity contribution in [1.29, 1.82) is 0 Å². The van der Waals surface area contributed by atoms with Crippen LogP contribution in [0, 0.1) is 10.1 Å². The van der Waals surface area contributed by atoms with E-state index in [2.05, 4.69) is 4.98 Å². The number of anilines is 1. The number of aliphatic carboxylic acids is 1. The van der Waals surface area contributed by atoms with Crippen LogP contribution in [-0.4, -0.2) is 33.7 Å². The van der Waals surface area contributed by atoms with Gasteiger partial charge in [0.2, 0.25) is 6.04 Å². The molecule has 16 heavy (non-hydrogen) atoms. The summed E-state index contributed by atoms with van der Waals surface area (Å²) >= 11 is 0. The maximum atomic E-state index is 10.8. The Morgan fingerprint density at radius 2 is 2.44 bits per heavy atom. The van der Waals surface area contributed by atoms with Crippen molar-refractivity contribution in [2.75, 3.05) is 11.6 Å². The zero-order valence-corrected chi connectivity index (χ0v) is 8.18. The summed E-state index contributed by atoms with van der Waals surface area (Å²) in [6, 6.07) is 1.45. The van der Waals surface area contributed by atoms with Crippen LogP contribution in [0.4, 0.5) is 5.69 Å². The summed E-state index contributed by atoms with van der Waals surface area (Å²) in [7, 11) is 0. The van der Waals surface area contributed by atoms with Crippen LogP contribution >= 0.6 is 0 Å². The molecule has 8 heteroatoms. The molecular formula is C8H10N4O4. The number of rotatable bonds is 5. The summed E-state index contributed by atoms with van der Waals surface area (Å²) in [4.78, 5) is 25.3. The molecule has 0 aliphatic heterocycles. The van der Waals surface area contributed by atoms with Gasteiger partial charge < -0.3 is 10.8 Å². The van der Waals surface area contributed by atoms with Gasteiger partial charge in [-0.2, -0.15) is 0 Å². The Labute approximate surface area is 90.4 Å². The smallest absolute Gasteiger partial charge is 0.334 e. The van der Waals surface area contributed by atoms with Crippen molar-refractivity contribution in [3.05, 3.63) is 34.6 Å². The predicted molar refractivity (Wildman–Crippen MR) is 54.2 cm³/mol. The summed E-state index contributed by atoms with van der Waals surface area (Å²) in [6.45, 7) is -0.370. The second-order valence-corrected chi connectivity index (χ2v) is 2.88. The van der Waals surface area contributed by atoms with E-state index >= 15 is 0 Å². The van der Waals surface area contributed by atoms with Crippen LogP contribution in [0.1, 0.15) is 0 Å². The number of carbonyl (C=O) groups is 1. The van der Waals surface area contributed by atoms with Crippen molar-refractivity contribution in [3.63, 3.8) is 0 Å². The molecule has 0 bridgehead atoms. The maximum absolute atomic E-state index is 10.8. The zero-order chi connectivity index (χ0) is 12.1. The molecular weight excluding hydrogens is 216 g/mol. The second-order valence-electron chi connectivity index (χ2n) is 2.88. The molecule has 0 radical (unpaired) electrons. The van der Waals surface area contributed by atoms with Crippen molar-refractivity contribution >= 4 is 11.7 Å². The largest absolute Gasteiger partial charge is 0.480 e. The van der Waals surface area contributed by atoms with Crippen molar-refractivity contribution in [2.24, 2.45) is 5.73 Å². The fourth-order valence-corrected chi connectivity index (χ4v) is 1.18. The third-order valence-electron chi connectivity index (χ3n) is 1.89. The molecule has 0 amide bonds. The average Bonchev–Trinajstić information content (AvgIpc) is 2.25. The molecule has 0 aliphatic carbocycles. The van der Waals surface area contributed by atoms with E-state index in [0.29, 0.717) is 5.01 Å². The number of hydrogen-bond donors (Lipinski definition) is 2. The van der Waals surface area contributed by atoms with Crippen molar-refractivity contribution in [2.45, 2.75) is 6.04 Å². The van der Waals surface area contributed by atoms with Crippen LogP contribution < -0.4 is 10.7 Å². The number of aromatic nitrogens is 1. The topological polar surface area (TPSA) is 123 Å². The number of carboxylic acids is 1. The predicted octanol–water partition coefficient (Wildman–Crippen LogP) is -0.508. The molecule has 86 valence electrons. The molecule has 1 aromatic rings. The fraction of sp³-hybridized carbons (Fsp3) is 0.250. The highest BCUT2D eigenvalue weighted by atomic mass is 16.7. The molecule has 0 unspecified atom stereocenters. The number of carboxylic acid groups (broad SMARTS) is 1. The van der Waals surface area contributed by atoms with Gasteiger partial charge in [0.1, 0.15) is 5.69 Å². The van der Waals surface area contributed by atoms with Gasteiger partial charge in [0.15, 0.2) is 5.03 Å². The van der Waals surface area contributed by atoms with Crippen LogP contribution in [0.15, 0.2) is 24.5 Å². The molecule has 0 aliphatic rings. The first kappa shape index (κ1) is 11.9. The monoisotopic (exact) mass is 226 g/mol. The van der Waals surface area contributed by atoms with E-state index in [1.165, 1.54) is 24.5 Å². The number of pyridine rings is 1. The Hall–Kier alpha value is -2.22. The highest BCUT2D eigenvalue weighted by Gasteiger charge is 2.33. The van der Waals surface area contributed by atoms with Gasteiger partial charge in [-0.15, -0.1) is 0 Å². The normalized spacial score (nSPS) is 11.8. The van der Waals surface area contributed by atoms with Crippen LogP contribution in [0.5, 0.6) is 0 Å². The lowest BCUT2D eigenvalue weighted by molar-refractivity contribution is -0.498. The van der Waals surface area contributed by atoms with Gasteiger partial charge >= 0.3 is 5.97 Å². The lowest BCUT2D eigenvalue weighted by Crippen LogP contribution is -2.49. The Balaban J connectivity index is 3.09. The molecule has 1 rings (SSSR count). The van der Waals surface area contributed by atoms with Gasteiger partial charge in [-0.05, 0) is 12.1 Å². The molecule has 1 aromatic heterocycles. The van der Waals surface area contributed by atoms with E-state index in [9.17, 15) is 14.9 Å². The molecule has 0 aromatic carbocycles. The Morgan fingerprint density at radius 1 is 1.75 bits per heavy atom. The molecule has 1 heterocycles. The highest BCUT2D eigenvalue weighted by molar-refractivity contribution is 5.77. The highest BCUT2D eigenvalue weighted by Crippen LogP contribution is 2.14. The summed E-state index contributed by atoms with van der Waals surface area (Å²) < 4.78 is 0. The first-order valence-corrected chi connectivity index (χ1v) is 4.34. The van der Waals surface area contributed by atoms with E-state index in [1.54, 1.807) is 0 Å². The Bertz CT molecular complexity index is 383. The molecule has 0 saturated heterocycles. The van der Waals surface area contributed by atoms with Crippen molar-refractivity contribution < 1.29 is 14.9 Å². The van der Waals surface area contributed by atoms with E-state index < -0.39 is 17.0 Å². The van der Waals surface area contributed by atoms with Crippen LogP contribution in [0.3, 0.4) is 0 Å². The molecule has 1 atom stereocenters. The number of hydrogen-bond acceptors (Lipinski definition) is 5. The third-order valence-corrected chi connectivity index (χ3v) is 1.89. The standard InChI is InChI=1S/C8H10N4O4/c9-4-7(8(13)14)11(12(15)16)6-2-1-3-10-5-6/h1-3,5,7H,4,9H2,(H,13,14)/t7-/m0/s1. The number of nitrogens with two attached hydrogens (primary N) is 1. The minimum Gasteiger partial charge on any atom is -0.480 e. The van der Waals surface area contributed by atoms with Crippen LogP contribution in [-0.2, 0) is 4.79 Å². The second kappa shape index (κ2) is 5.03. The summed E-state index contributed by atoms with van der Waals surface area (Å²) in [5.74, 6) is -1.36. The molecule has 3 N–H and O–H groups in total. The lowest BCUT2D eigenvalue weighted by Gasteiger charge is -2.19. The maximum Gasteiger partial charge on any atom is 0.334 e. The SMILES string of the molecule is NC[C@@H](C(=O)O)N(c1cccnc1)[N+](=O)[O-]. The Morgan fingerprint density at radius 3 is 2.81 bits per heavy atom. The van der Waals surface area contributed by atoms with Gasteiger partial charge in [0.05, 0.1) is 6.20 Å². The molecule has 8 nitrogen and oxygen atoms in total. The van der Waals surface area contributed by atoms with Gasteiger partial charge in [-0.1, -0.05) is 5.01 Å². The van der Waals surface area contributed by atoms with Gasteiger partial charge in [0, 0.05) is 12.7 Å². The summed E-state index contributed by atoms with van der Waals surface area (Å²) in [5, 5.41) is 19.3. The van der Waals surface area contributed by atoms with Gasteiger partial charge in [0.25, 0.3) is 0 Å². The van der Waals surface area contributed by atoms with Crippen LogP contribution in [0.25, 0.3) is 0 Å². The number of hydrazine groups is 1. The van der Waals surface area contributed by atoms with E-state index in [4.69, 9.17) is 10.8 Å². The molecule has 0 saturated carbocycles. The van der Waals surface area contributed by atoms with Crippen molar-refractivity contribution in [3.8, 4) is 0 Å². The summed E-state index contributed by atoms with van der Waals surface area (Å²) in [6.07, 6.45) is 2.63. The van der Waals surface area contributed by atoms with E-state index in [-0.39, 0.29) is 12.2 Å². The van der Waals surface area contributed by atoms with E-state index in [0.717, 1.165) is 0 Å².